The maximum Gasteiger partial charge on any atom is 0.240 e. The minimum absolute atomic E-state index is 0.473. The highest BCUT2D eigenvalue weighted by molar-refractivity contribution is 9.10. The Bertz CT molecular complexity index is 770. The van der Waals surface area contributed by atoms with E-state index in [1.165, 1.54) is 0 Å². The van der Waals surface area contributed by atoms with E-state index < -0.39 is 0 Å². The molecular formula is C14H12BrN3O2. The van der Waals surface area contributed by atoms with Crippen LogP contribution in [-0.2, 0) is 0 Å². The molecule has 0 bridgehead atoms. The third-order valence-corrected chi connectivity index (χ3v) is 3.41. The van der Waals surface area contributed by atoms with Gasteiger partial charge < -0.3 is 9.47 Å². The number of benzene rings is 1. The first kappa shape index (κ1) is 12.9. The van der Waals surface area contributed by atoms with E-state index >= 15 is 0 Å². The first-order valence-corrected chi connectivity index (χ1v) is 6.74. The molecule has 0 aliphatic heterocycles. The summed E-state index contributed by atoms with van der Waals surface area (Å²) < 4.78 is 13.3. The van der Waals surface area contributed by atoms with Gasteiger partial charge in [0.05, 0.1) is 26.0 Å². The second-order valence-electron chi connectivity index (χ2n) is 4.15. The molecule has 20 heavy (non-hydrogen) atoms. The smallest absolute Gasteiger partial charge is 0.240 e. The fraction of sp³-hybridized carbons (Fsp3) is 0.143. The molecule has 3 aromatic rings. The minimum atomic E-state index is 0.473. The summed E-state index contributed by atoms with van der Waals surface area (Å²) in [5.74, 6) is 1.64. The summed E-state index contributed by atoms with van der Waals surface area (Å²) in [7, 11) is 3.17. The van der Waals surface area contributed by atoms with Gasteiger partial charge in [0.25, 0.3) is 0 Å². The number of nitrogens with zero attached hydrogens (tertiary/aromatic N) is 3. The van der Waals surface area contributed by atoms with Crippen LogP contribution in [0, 0.1) is 0 Å². The molecule has 0 aliphatic rings. The number of hydrogen-bond donors (Lipinski definition) is 0. The molecule has 102 valence electrons. The average Bonchev–Trinajstić information content (AvgIpc) is 2.90. The largest absolute Gasteiger partial charge is 0.482 e. The van der Waals surface area contributed by atoms with Gasteiger partial charge in [-0.25, -0.2) is 4.98 Å². The molecule has 0 saturated heterocycles. The molecule has 6 heteroatoms. The molecule has 0 atom stereocenters. The molecule has 0 saturated carbocycles. The highest BCUT2D eigenvalue weighted by Gasteiger charge is 2.11. The number of fused-ring (bicyclic) bond motifs is 1. The monoisotopic (exact) mass is 333 g/mol. The van der Waals surface area contributed by atoms with Crippen LogP contribution in [0.4, 0.5) is 0 Å². The molecule has 3 rings (SSSR count). The molecule has 0 aliphatic carbocycles. The Morgan fingerprint density at radius 2 is 1.95 bits per heavy atom. The number of methoxy groups -OCH3 is 2. The Hall–Kier alpha value is -2.08. The number of imidazole rings is 1. The molecule has 5 nitrogen and oxygen atoms in total. The Morgan fingerprint density at radius 3 is 2.65 bits per heavy atom. The van der Waals surface area contributed by atoms with Gasteiger partial charge in [-0.2, -0.15) is 4.98 Å². The average molecular weight is 334 g/mol. The number of hydrogen-bond acceptors (Lipinski definition) is 4. The summed E-state index contributed by atoms with van der Waals surface area (Å²) in [5.41, 5.74) is 1.83. The summed E-state index contributed by atoms with van der Waals surface area (Å²) >= 11 is 3.46. The van der Waals surface area contributed by atoms with Crippen LogP contribution >= 0.6 is 15.9 Å². The zero-order chi connectivity index (χ0) is 14.1. The lowest BCUT2D eigenvalue weighted by atomic mass is 10.2. The molecule has 2 aromatic heterocycles. The Balaban J connectivity index is 2.19. The van der Waals surface area contributed by atoms with Gasteiger partial charge >= 0.3 is 0 Å². The standard InChI is InChI=1S/C14H12BrN3O2/c1-19-12-7-13(20-2)18-8-11(16-14(18)17-12)9-4-3-5-10(15)6-9/h3-8H,1-2H3. The molecule has 1 aromatic carbocycles. The number of rotatable bonds is 3. The quantitative estimate of drug-likeness (QED) is 0.738. The van der Waals surface area contributed by atoms with Crippen LogP contribution in [0.2, 0.25) is 0 Å². The van der Waals surface area contributed by atoms with E-state index in [4.69, 9.17) is 9.47 Å². The van der Waals surface area contributed by atoms with Crippen LogP contribution < -0.4 is 9.47 Å². The molecule has 0 N–H and O–H groups in total. The lowest BCUT2D eigenvalue weighted by Gasteiger charge is -2.04. The first-order chi connectivity index (χ1) is 9.71. The number of ether oxygens (including phenoxy) is 2. The van der Waals surface area contributed by atoms with Crippen molar-refractivity contribution >= 4 is 21.7 Å². The van der Waals surface area contributed by atoms with E-state index in [0.29, 0.717) is 17.5 Å². The third kappa shape index (κ3) is 2.22. The SMILES string of the molecule is COc1cc(OC)n2cc(-c3cccc(Br)c3)nc2n1. The van der Waals surface area contributed by atoms with Crippen molar-refractivity contribution in [3.05, 3.63) is 41.0 Å². The Kier molecular flexibility index (Phi) is 3.31. The van der Waals surface area contributed by atoms with Crippen molar-refractivity contribution in [1.29, 1.82) is 0 Å². The van der Waals surface area contributed by atoms with Crippen molar-refractivity contribution in [2.45, 2.75) is 0 Å². The minimum Gasteiger partial charge on any atom is -0.482 e. The van der Waals surface area contributed by atoms with Crippen molar-refractivity contribution < 1.29 is 9.47 Å². The van der Waals surface area contributed by atoms with Crippen LogP contribution in [0.1, 0.15) is 0 Å². The van der Waals surface area contributed by atoms with Crippen molar-refractivity contribution in [3.63, 3.8) is 0 Å². The highest BCUT2D eigenvalue weighted by atomic mass is 79.9. The molecule has 0 fully saturated rings. The summed E-state index contributed by atoms with van der Waals surface area (Å²) in [6.45, 7) is 0. The lowest BCUT2D eigenvalue weighted by Crippen LogP contribution is -1.97. The summed E-state index contributed by atoms with van der Waals surface area (Å²) in [4.78, 5) is 8.82. The molecule has 0 radical (unpaired) electrons. The van der Waals surface area contributed by atoms with Crippen LogP contribution in [0.3, 0.4) is 0 Å². The van der Waals surface area contributed by atoms with Crippen molar-refractivity contribution in [2.24, 2.45) is 0 Å². The zero-order valence-electron chi connectivity index (χ0n) is 11.0. The van der Waals surface area contributed by atoms with Crippen molar-refractivity contribution in [3.8, 4) is 23.0 Å². The normalized spacial score (nSPS) is 10.8. The van der Waals surface area contributed by atoms with E-state index in [0.717, 1.165) is 15.7 Å². The maximum atomic E-state index is 5.34. The van der Waals surface area contributed by atoms with E-state index in [2.05, 4.69) is 25.9 Å². The van der Waals surface area contributed by atoms with Crippen molar-refractivity contribution in [1.82, 2.24) is 14.4 Å². The van der Waals surface area contributed by atoms with Gasteiger partial charge in [0.1, 0.15) is 0 Å². The molecule has 2 heterocycles. The Labute approximate surface area is 124 Å². The van der Waals surface area contributed by atoms with Gasteiger partial charge in [0.2, 0.25) is 17.5 Å². The topological polar surface area (TPSA) is 48.7 Å². The Morgan fingerprint density at radius 1 is 1.10 bits per heavy atom. The third-order valence-electron chi connectivity index (χ3n) is 2.92. The lowest BCUT2D eigenvalue weighted by molar-refractivity contribution is 0.369. The molecule has 0 unspecified atom stereocenters. The first-order valence-electron chi connectivity index (χ1n) is 5.95. The predicted molar refractivity (Wildman–Crippen MR) is 79.2 cm³/mol. The van der Waals surface area contributed by atoms with Crippen LogP contribution in [0.5, 0.6) is 11.8 Å². The van der Waals surface area contributed by atoms with Crippen LogP contribution in [0.15, 0.2) is 41.0 Å². The summed E-state index contributed by atoms with van der Waals surface area (Å²) in [6.07, 6.45) is 1.89. The van der Waals surface area contributed by atoms with Gasteiger partial charge in [-0.05, 0) is 12.1 Å². The highest BCUT2D eigenvalue weighted by Crippen LogP contribution is 2.26. The van der Waals surface area contributed by atoms with E-state index in [9.17, 15) is 0 Å². The van der Waals surface area contributed by atoms with Gasteiger partial charge in [0, 0.05) is 16.2 Å². The number of aromatic nitrogens is 3. The molecular weight excluding hydrogens is 322 g/mol. The van der Waals surface area contributed by atoms with Crippen molar-refractivity contribution in [2.75, 3.05) is 14.2 Å². The van der Waals surface area contributed by atoms with E-state index in [-0.39, 0.29) is 0 Å². The summed E-state index contributed by atoms with van der Waals surface area (Å²) in [5, 5.41) is 0. The zero-order valence-corrected chi connectivity index (χ0v) is 12.6. The van der Waals surface area contributed by atoms with E-state index in [1.807, 2.05) is 30.5 Å². The van der Waals surface area contributed by atoms with Gasteiger partial charge in [0.15, 0.2) is 0 Å². The fourth-order valence-electron chi connectivity index (χ4n) is 1.97. The maximum absolute atomic E-state index is 5.34. The second kappa shape index (κ2) is 5.13. The van der Waals surface area contributed by atoms with Gasteiger partial charge in [-0.1, -0.05) is 28.1 Å². The van der Waals surface area contributed by atoms with Crippen LogP contribution in [-0.4, -0.2) is 28.6 Å². The molecule has 0 amide bonds. The van der Waals surface area contributed by atoms with Gasteiger partial charge in [-0.3, -0.25) is 4.40 Å². The predicted octanol–water partition coefficient (Wildman–Crippen LogP) is 3.18. The summed E-state index contributed by atoms with van der Waals surface area (Å²) in [6, 6.07) is 9.66. The fourth-order valence-corrected chi connectivity index (χ4v) is 2.37. The van der Waals surface area contributed by atoms with E-state index in [1.54, 1.807) is 24.7 Å². The van der Waals surface area contributed by atoms with Crippen LogP contribution in [0.25, 0.3) is 17.0 Å². The van der Waals surface area contributed by atoms with Gasteiger partial charge in [-0.15, -0.1) is 0 Å². The molecule has 0 spiro atoms. The number of halogens is 1. The second-order valence-corrected chi connectivity index (χ2v) is 5.06.